The smallest absolute Gasteiger partial charge is 0.113 e. The summed E-state index contributed by atoms with van der Waals surface area (Å²) >= 11 is 0. The number of hydrogen-bond donors (Lipinski definition) is 0. The van der Waals surface area contributed by atoms with Gasteiger partial charge in [-0.1, -0.05) is 171 Å². The van der Waals surface area contributed by atoms with Crippen LogP contribution in [0.15, 0.2) is 182 Å². The zero-order valence-corrected chi connectivity index (χ0v) is 30.7. The Balaban J connectivity index is 1.29. The van der Waals surface area contributed by atoms with Gasteiger partial charge in [0.25, 0.3) is 0 Å². The number of para-hydroxylation sites is 3. The van der Waals surface area contributed by atoms with Crippen LogP contribution < -0.4 is 10.4 Å². The third-order valence-electron chi connectivity index (χ3n) is 12.0. The lowest BCUT2D eigenvalue weighted by Crippen LogP contribution is -2.64. The summed E-state index contributed by atoms with van der Waals surface area (Å²) in [5, 5.41) is 5.54. The summed E-state index contributed by atoms with van der Waals surface area (Å²) in [6.45, 7) is 5.10. The SMILES string of the molecule is C[Si]1(C)c2ccccc2C2(c3ccccc3-n3c4ccccc4c4cccc2c43)c2cccc(-c3cc(-c4ccccc4)cc(-c4ccccc4)n3)c21. The molecule has 1 spiro atoms. The van der Waals surface area contributed by atoms with Crippen molar-refractivity contribution < 1.29 is 0 Å². The van der Waals surface area contributed by atoms with Gasteiger partial charge in [0.2, 0.25) is 0 Å². The van der Waals surface area contributed by atoms with Crippen molar-refractivity contribution >= 4 is 40.3 Å². The van der Waals surface area contributed by atoms with E-state index in [4.69, 9.17) is 4.98 Å². The Kier molecular flexibility index (Phi) is 6.36. The van der Waals surface area contributed by atoms with Crippen LogP contribution in [0.2, 0.25) is 13.1 Å². The van der Waals surface area contributed by atoms with Gasteiger partial charge < -0.3 is 4.57 Å². The molecule has 1 unspecified atom stereocenters. The number of nitrogens with zero attached hydrogens (tertiary/aromatic N) is 2. The van der Waals surface area contributed by atoms with Crippen LogP contribution in [0, 0.1) is 0 Å². The van der Waals surface area contributed by atoms with Crippen molar-refractivity contribution in [3.8, 4) is 39.3 Å². The molecule has 7 aromatic carbocycles. The molecule has 2 aromatic heterocycles. The van der Waals surface area contributed by atoms with E-state index in [-0.39, 0.29) is 0 Å². The van der Waals surface area contributed by atoms with Gasteiger partial charge in [-0.2, -0.15) is 0 Å². The standard InChI is InChI=1S/C50H36N2Si/c1-53(2)47-30-14-11-25-40(47)50(39-24-10-13-29-46(39)52-45-28-12-9-21-36(45)37-22-15-26-41(50)48(37)52)42-27-16-23-38(49(42)53)44-32-35(33-17-5-3-6-18-33)31-43(51-44)34-19-7-4-8-20-34/h3-32H,1-2H3. The molecule has 11 rings (SSSR count). The summed E-state index contributed by atoms with van der Waals surface area (Å²) in [6.07, 6.45) is 0. The Hall–Kier alpha value is -6.29. The van der Waals surface area contributed by atoms with Crippen LogP contribution in [0.3, 0.4) is 0 Å². The molecule has 4 heterocycles. The lowest BCUT2D eigenvalue weighted by atomic mass is 9.62. The number of fused-ring (bicyclic) bond motifs is 11. The molecule has 0 radical (unpaired) electrons. The highest BCUT2D eigenvalue weighted by atomic mass is 28.3. The van der Waals surface area contributed by atoms with Crippen molar-refractivity contribution in [2.45, 2.75) is 18.5 Å². The summed E-state index contributed by atoms with van der Waals surface area (Å²) in [6, 6.07) is 67.4. The fourth-order valence-corrected chi connectivity index (χ4v) is 13.4. The van der Waals surface area contributed by atoms with Crippen LogP contribution in [0.4, 0.5) is 0 Å². The maximum atomic E-state index is 5.53. The highest BCUT2D eigenvalue weighted by Crippen LogP contribution is 2.55. The Labute approximate surface area is 310 Å². The normalized spacial score (nSPS) is 16.3. The van der Waals surface area contributed by atoms with Crippen molar-refractivity contribution in [2.24, 2.45) is 0 Å². The van der Waals surface area contributed by atoms with Crippen LogP contribution in [-0.4, -0.2) is 17.6 Å². The lowest BCUT2D eigenvalue weighted by molar-refractivity contribution is 0.732. The maximum absolute atomic E-state index is 5.53. The largest absolute Gasteiger partial charge is 0.309 e. The van der Waals surface area contributed by atoms with E-state index >= 15 is 0 Å². The van der Waals surface area contributed by atoms with E-state index in [1.807, 2.05) is 0 Å². The second-order valence-electron chi connectivity index (χ2n) is 15.1. The number of benzene rings is 7. The fourth-order valence-electron chi connectivity index (χ4n) is 9.89. The first-order valence-corrected chi connectivity index (χ1v) is 21.6. The summed E-state index contributed by atoms with van der Waals surface area (Å²) in [4.78, 5) is 5.53. The molecule has 9 aromatic rings. The Morgan fingerprint density at radius 2 is 1.08 bits per heavy atom. The second kappa shape index (κ2) is 11.1. The molecule has 0 saturated heterocycles. The van der Waals surface area contributed by atoms with E-state index in [1.54, 1.807) is 0 Å². The first kappa shape index (κ1) is 30.3. The van der Waals surface area contributed by atoms with Crippen LogP contribution in [0.1, 0.15) is 22.3 Å². The number of rotatable bonds is 3. The number of pyridine rings is 1. The van der Waals surface area contributed by atoms with Crippen LogP contribution in [-0.2, 0) is 5.41 Å². The molecule has 2 aliphatic heterocycles. The predicted molar refractivity (Wildman–Crippen MR) is 224 cm³/mol. The van der Waals surface area contributed by atoms with Crippen molar-refractivity contribution in [1.29, 1.82) is 0 Å². The minimum Gasteiger partial charge on any atom is -0.309 e. The van der Waals surface area contributed by atoms with E-state index in [2.05, 4.69) is 200 Å². The molecular weight excluding hydrogens is 657 g/mol. The molecule has 0 bridgehead atoms. The van der Waals surface area contributed by atoms with Gasteiger partial charge in [0, 0.05) is 21.9 Å². The molecule has 3 heteroatoms. The number of hydrogen-bond acceptors (Lipinski definition) is 1. The van der Waals surface area contributed by atoms with Gasteiger partial charge in [0.1, 0.15) is 8.07 Å². The molecule has 250 valence electrons. The van der Waals surface area contributed by atoms with Gasteiger partial charge in [-0.05, 0) is 68.0 Å². The summed E-state index contributed by atoms with van der Waals surface area (Å²) in [5.74, 6) is 0. The van der Waals surface area contributed by atoms with Gasteiger partial charge in [-0.3, -0.25) is 0 Å². The molecule has 1 atom stereocenters. The first-order chi connectivity index (χ1) is 26.1. The van der Waals surface area contributed by atoms with E-state index in [9.17, 15) is 0 Å². The van der Waals surface area contributed by atoms with Crippen molar-refractivity contribution in [3.63, 3.8) is 0 Å². The van der Waals surface area contributed by atoms with Gasteiger partial charge in [0.15, 0.2) is 0 Å². The lowest BCUT2D eigenvalue weighted by Gasteiger charge is -2.50. The molecule has 0 amide bonds. The van der Waals surface area contributed by atoms with E-state index in [1.165, 1.54) is 76.8 Å². The second-order valence-corrected chi connectivity index (χ2v) is 19.4. The monoisotopic (exact) mass is 692 g/mol. The minimum absolute atomic E-state index is 0.524. The third-order valence-corrected chi connectivity index (χ3v) is 15.6. The fraction of sp³-hybridized carbons (Fsp3) is 0.0600. The Bertz CT molecular complexity index is 2860. The Morgan fingerprint density at radius 1 is 0.472 bits per heavy atom. The zero-order valence-electron chi connectivity index (χ0n) is 29.7. The molecule has 0 N–H and O–H groups in total. The highest BCUT2D eigenvalue weighted by molar-refractivity contribution is 7.02. The van der Waals surface area contributed by atoms with Gasteiger partial charge in [-0.25, -0.2) is 4.98 Å². The van der Waals surface area contributed by atoms with Crippen molar-refractivity contribution in [3.05, 3.63) is 204 Å². The number of aromatic nitrogens is 2. The average molecular weight is 693 g/mol. The predicted octanol–water partition coefficient (Wildman–Crippen LogP) is 11.0. The molecule has 0 saturated carbocycles. The molecule has 0 aliphatic carbocycles. The summed E-state index contributed by atoms with van der Waals surface area (Å²) in [7, 11) is -2.34. The summed E-state index contributed by atoms with van der Waals surface area (Å²) in [5.41, 5.74) is 15.5. The Morgan fingerprint density at radius 3 is 1.91 bits per heavy atom. The molecule has 53 heavy (non-hydrogen) atoms. The van der Waals surface area contributed by atoms with Crippen LogP contribution in [0.5, 0.6) is 0 Å². The maximum Gasteiger partial charge on any atom is 0.113 e. The van der Waals surface area contributed by atoms with Gasteiger partial charge in [-0.15, -0.1) is 0 Å². The van der Waals surface area contributed by atoms with Crippen LogP contribution >= 0.6 is 0 Å². The molecular formula is C50H36N2Si. The zero-order chi connectivity index (χ0) is 35.3. The van der Waals surface area contributed by atoms with Crippen molar-refractivity contribution in [2.75, 3.05) is 0 Å². The molecule has 0 fully saturated rings. The van der Waals surface area contributed by atoms with Crippen LogP contribution in [0.25, 0.3) is 61.1 Å². The van der Waals surface area contributed by atoms with Gasteiger partial charge >= 0.3 is 0 Å². The van der Waals surface area contributed by atoms with E-state index < -0.39 is 13.5 Å². The molecule has 2 aliphatic rings. The molecule has 2 nitrogen and oxygen atoms in total. The topological polar surface area (TPSA) is 17.8 Å². The highest BCUT2D eigenvalue weighted by Gasteiger charge is 2.53. The van der Waals surface area contributed by atoms with E-state index in [0.717, 1.165) is 17.0 Å². The van der Waals surface area contributed by atoms with Gasteiger partial charge in [0.05, 0.1) is 33.5 Å². The van der Waals surface area contributed by atoms with E-state index in [0.29, 0.717) is 0 Å². The van der Waals surface area contributed by atoms with Crippen molar-refractivity contribution in [1.82, 2.24) is 9.55 Å². The summed E-state index contributed by atoms with van der Waals surface area (Å²) < 4.78 is 2.53. The third kappa shape index (κ3) is 4.06. The minimum atomic E-state index is -2.34. The first-order valence-electron chi connectivity index (χ1n) is 18.6. The quantitative estimate of drug-likeness (QED) is 0.169. The average Bonchev–Trinajstić information content (AvgIpc) is 3.56.